The molecular formula is C40H75O8P. The first-order chi connectivity index (χ1) is 23.8. The highest BCUT2D eigenvalue weighted by Gasteiger charge is 2.22. The summed E-state index contributed by atoms with van der Waals surface area (Å²) in [6.07, 6.45) is 40.3. The van der Waals surface area contributed by atoms with Crippen molar-refractivity contribution < 1.29 is 37.9 Å². The lowest BCUT2D eigenvalue weighted by Gasteiger charge is -2.18. The Balaban J connectivity index is 3.92. The Morgan fingerprint density at radius 2 is 0.918 bits per heavy atom. The van der Waals surface area contributed by atoms with Gasteiger partial charge in [0.15, 0.2) is 6.10 Å². The normalized spacial score (nSPS) is 12.7. The molecule has 0 saturated heterocycles. The van der Waals surface area contributed by atoms with Crippen molar-refractivity contribution in [3.8, 4) is 0 Å². The van der Waals surface area contributed by atoms with Crippen LogP contribution < -0.4 is 0 Å². The van der Waals surface area contributed by atoms with Gasteiger partial charge in [-0.25, -0.2) is 4.57 Å². The number of hydrogen-bond acceptors (Lipinski definition) is 6. The lowest BCUT2D eigenvalue weighted by atomic mass is 10.0. The highest BCUT2D eigenvalue weighted by Crippen LogP contribution is 2.36. The number of phosphoric ester groups is 1. The summed E-state index contributed by atoms with van der Waals surface area (Å²) in [4.78, 5) is 42.8. The van der Waals surface area contributed by atoms with E-state index in [2.05, 4.69) is 42.7 Å². The topological polar surface area (TPSA) is 119 Å². The summed E-state index contributed by atoms with van der Waals surface area (Å²) < 4.78 is 26.3. The highest BCUT2D eigenvalue weighted by molar-refractivity contribution is 7.46. The van der Waals surface area contributed by atoms with Gasteiger partial charge in [0.1, 0.15) is 6.61 Å². The molecule has 0 saturated carbocycles. The van der Waals surface area contributed by atoms with E-state index in [1.54, 1.807) is 0 Å². The standard InChI is InChI=1S/C40H75O8P/c1-3-5-7-9-11-13-15-17-19-20-21-23-24-26-28-30-32-34-39(41)46-36-38(37-47-49(43,44)45)48-40(42)35-33-31-29-27-25-22-18-16-14-12-10-8-6-4-2/h11,13,17,19,38H,3-10,12,14-16,18,20-37H2,1-2H3,(H2,43,44,45)/b13-11+,19-17+/t38-/m1/s1. The lowest BCUT2D eigenvalue weighted by Crippen LogP contribution is -2.29. The second-order valence-electron chi connectivity index (χ2n) is 13.6. The second kappa shape index (κ2) is 36.3. The second-order valence-corrected chi connectivity index (χ2v) is 14.9. The van der Waals surface area contributed by atoms with Gasteiger partial charge >= 0.3 is 19.8 Å². The molecule has 9 heteroatoms. The third kappa shape index (κ3) is 39.2. The molecule has 1 atom stereocenters. The van der Waals surface area contributed by atoms with Gasteiger partial charge in [0.2, 0.25) is 0 Å². The van der Waals surface area contributed by atoms with Crippen molar-refractivity contribution >= 4 is 19.8 Å². The number of carbonyl (C=O) groups is 2. The molecule has 0 heterocycles. The summed E-state index contributed by atoms with van der Waals surface area (Å²) in [6, 6.07) is 0. The first-order valence-electron chi connectivity index (χ1n) is 20.1. The summed E-state index contributed by atoms with van der Waals surface area (Å²) in [6.45, 7) is 3.66. The maximum absolute atomic E-state index is 12.4. The van der Waals surface area contributed by atoms with Gasteiger partial charge < -0.3 is 19.3 Å². The number of allylic oxidation sites excluding steroid dienone is 4. The Kier molecular flexibility index (Phi) is 35.2. The Hall–Kier alpha value is -1.47. The first kappa shape index (κ1) is 47.5. The molecule has 288 valence electrons. The van der Waals surface area contributed by atoms with Gasteiger partial charge in [0.05, 0.1) is 6.61 Å². The van der Waals surface area contributed by atoms with E-state index in [1.807, 2.05) is 0 Å². The number of carbonyl (C=O) groups excluding carboxylic acids is 2. The van der Waals surface area contributed by atoms with Crippen molar-refractivity contribution in [1.29, 1.82) is 0 Å². The Labute approximate surface area is 300 Å². The van der Waals surface area contributed by atoms with Crippen molar-refractivity contribution in [2.75, 3.05) is 13.2 Å². The lowest BCUT2D eigenvalue weighted by molar-refractivity contribution is -0.161. The van der Waals surface area contributed by atoms with Gasteiger partial charge in [-0.05, 0) is 44.9 Å². The van der Waals surface area contributed by atoms with E-state index in [4.69, 9.17) is 19.3 Å². The van der Waals surface area contributed by atoms with Crippen LogP contribution in [0.2, 0.25) is 0 Å². The van der Waals surface area contributed by atoms with Crippen LogP contribution in [0.4, 0.5) is 0 Å². The Bertz CT molecular complexity index is 853. The predicted molar refractivity (Wildman–Crippen MR) is 202 cm³/mol. The number of unbranched alkanes of at least 4 members (excludes halogenated alkanes) is 23. The molecule has 0 fully saturated rings. The molecule has 0 aliphatic heterocycles. The monoisotopic (exact) mass is 715 g/mol. The molecule has 0 aliphatic carbocycles. The molecule has 0 aliphatic rings. The molecule has 0 spiro atoms. The van der Waals surface area contributed by atoms with Crippen molar-refractivity contribution in [2.45, 2.75) is 206 Å². The largest absolute Gasteiger partial charge is 0.469 e. The summed E-state index contributed by atoms with van der Waals surface area (Å²) in [5.41, 5.74) is 0. The fourth-order valence-electron chi connectivity index (χ4n) is 5.70. The minimum Gasteiger partial charge on any atom is -0.462 e. The molecular weight excluding hydrogens is 639 g/mol. The zero-order valence-electron chi connectivity index (χ0n) is 31.6. The molecule has 0 aromatic carbocycles. The van der Waals surface area contributed by atoms with Crippen LogP contribution in [0.15, 0.2) is 24.3 Å². The average Bonchev–Trinajstić information content (AvgIpc) is 3.07. The van der Waals surface area contributed by atoms with Crippen molar-refractivity contribution in [3.05, 3.63) is 24.3 Å². The quantitative estimate of drug-likeness (QED) is 0.0282. The molecule has 2 N–H and O–H groups in total. The summed E-state index contributed by atoms with van der Waals surface area (Å²) in [5, 5.41) is 0. The van der Waals surface area contributed by atoms with Gasteiger partial charge in [0, 0.05) is 12.8 Å². The van der Waals surface area contributed by atoms with Gasteiger partial charge in [-0.2, -0.15) is 0 Å². The number of esters is 2. The molecule has 0 unspecified atom stereocenters. The summed E-state index contributed by atoms with van der Waals surface area (Å²) >= 11 is 0. The van der Waals surface area contributed by atoms with Crippen molar-refractivity contribution in [1.82, 2.24) is 0 Å². The number of rotatable bonds is 37. The highest BCUT2D eigenvalue weighted by atomic mass is 31.2. The van der Waals surface area contributed by atoms with Gasteiger partial charge in [-0.15, -0.1) is 0 Å². The molecule has 49 heavy (non-hydrogen) atoms. The summed E-state index contributed by atoms with van der Waals surface area (Å²) in [7, 11) is -4.75. The van der Waals surface area contributed by atoms with Crippen LogP contribution in [0.5, 0.6) is 0 Å². The predicted octanol–water partition coefficient (Wildman–Crippen LogP) is 12.0. The zero-order valence-corrected chi connectivity index (χ0v) is 32.5. The maximum Gasteiger partial charge on any atom is 0.469 e. The van der Waals surface area contributed by atoms with Gasteiger partial charge in [-0.1, -0.05) is 167 Å². The Morgan fingerprint density at radius 1 is 0.531 bits per heavy atom. The summed E-state index contributed by atoms with van der Waals surface area (Å²) in [5.74, 6) is -0.887. The third-order valence-electron chi connectivity index (χ3n) is 8.72. The van der Waals surface area contributed by atoms with Crippen molar-refractivity contribution in [2.24, 2.45) is 0 Å². The van der Waals surface area contributed by atoms with E-state index in [-0.39, 0.29) is 19.4 Å². The number of ether oxygens (including phenoxy) is 2. The zero-order chi connectivity index (χ0) is 36.1. The van der Waals surface area contributed by atoms with Crippen LogP contribution in [-0.4, -0.2) is 41.0 Å². The number of phosphoric acid groups is 1. The molecule has 0 bridgehead atoms. The van der Waals surface area contributed by atoms with Crippen LogP contribution in [0, 0.1) is 0 Å². The minimum atomic E-state index is -4.75. The minimum absolute atomic E-state index is 0.214. The Morgan fingerprint density at radius 3 is 1.39 bits per heavy atom. The molecule has 8 nitrogen and oxygen atoms in total. The van der Waals surface area contributed by atoms with Gasteiger partial charge in [-0.3, -0.25) is 14.1 Å². The fourth-order valence-corrected chi connectivity index (χ4v) is 6.06. The number of hydrogen-bond donors (Lipinski definition) is 2. The van der Waals surface area contributed by atoms with Crippen LogP contribution in [0.25, 0.3) is 0 Å². The van der Waals surface area contributed by atoms with Crippen LogP contribution in [-0.2, 0) is 28.2 Å². The third-order valence-corrected chi connectivity index (χ3v) is 9.21. The van der Waals surface area contributed by atoms with E-state index >= 15 is 0 Å². The molecule has 0 radical (unpaired) electrons. The van der Waals surface area contributed by atoms with Crippen LogP contribution in [0.3, 0.4) is 0 Å². The first-order valence-corrected chi connectivity index (χ1v) is 21.7. The average molecular weight is 715 g/mol. The van der Waals surface area contributed by atoms with E-state index in [0.717, 1.165) is 57.8 Å². The fraction of sp³-hybridized carbons (Fsp3) is 0.850. The van der Waals surface area contributed by atoms with Gasteiger partial charge in [0.25, 0.3) is 0 Å². The SMILES string of the molecule is CCCCC/C=C/C/C=C/CCCCCCCCCC(=O)OC[C@H](COP(=O)(O)O)OC(=O)CCCCCCCCCCCCCCCC. The molecule has 0 aromatic rings. The molecule has 0 amide bonds. The van der Waals surface area contributed by atoms with Crippen LogP contribution >= 0.6 is 7.82 Å². The van der Waals surface area contributed by atoms with Crippen molar-refractivity contribution in [3.63, 3.8) is 0 Å². The van der Waals surface area contributed by atoms with Crippen LogP contribution in [0.1, 0.15) is 200 Å². The van der Waals surface area contributed by atoms with E-state index < -0.39 is 32.5 Å². The van der Waals surface area contributed by atoms with E-state index in [1.165, 1.54) is 109 Å². The van der Waals surface area contributed by atoms with E-state index in [0.29, 0.717) is 6.42 Å². The van der Waals surface area contributed by atoms with E-state index in [9.17, 15) is 14.2 Å². The molecule has 0 aromatic heterocycles. The smallest absolute Gasteiger partial charge is 0.462 e. The maximum atomic E-state index is 12.4. The molecule has 0 rings (SSSR count).